The summed E-state index contributed by atoms with van der Waals surface area (Å²) in [5.41, 5.74) is 2.73. The molecule has 184 valence electrons. The number of pyridine rings is 1. The van der Waals surface area contributed by atoms with Crippen LogP contribution >= 0.6 is 0 Å². The van der Waals surface area contributed by atoms with E-state index in [9.17, 15) is 5.11 Å². The van der Waals surface area contributed by atoms with Gasteiger partial charge in [0.25, 0.3) is 0 Å². The van der Waals surface area contributed by atoms with Crippen molar-refractivity contribution in [3.05, 3.63) is 84.4 Å². The summed E-state index contributed by atoms with van der Waals surface area (Å²) in [5, 5.41) is 16.3. The van der Waals surface area contributed by atoms with Crippen molar-refractivity contribution in [2.24, 2.45) is 0 Å². The molecule has 0 saturated heterocycles. The summed E-state index contributed by atoms with van der Waals surface area (Å²) in [6.07, 6.45) is 20.1. The van der Waals surface area contributed by atoms with Gasteiger partial charge < -0.3 is 24.6 Å². The van der Waals surface area contributed by atoms with Crippen LogP contribution in [0.1, 0.15) is 50.5 Å². The molecule has 2 N–H and O–H groups in total. The molecular formula is C29H34N2O4. The van der Waals surface area contributed by atoms with Crippen molar-refractivity contribution in [3.8, 4) is 5.75 Å². The zero-order chi connectivity index (χ0) is 24.1. The number of allylic oxidation sites excluding steroid dienone is 3. The van der Waals surface area contributed by atoms with Gasteiger partial charge in [0.15, 0.2) is 5.76 Å². The number of ether oxygens (including phenoxy) is 3. The van der Waals surface area contributed by atoms with Gasteiger partial charge in [-0.25, -0.2) is 0 Å². The van der Waals surface area contributed by atoms with E-state index in [1.54, 1.807) is 25.9 Å². The van der Waals surface area contributed by atoms with Gasteiger partial charge >= 0.3 is 0 Å². The number of aryl methyl sites for hydroxylation is 1. The molecule has 2 aliphatic carbocycles. The normalized spacial score (nSPS) is 24.8. The van der Waals surface area contributed by atoms with Crippen molar-refractivity contribution in [3.63, 3.8) is 0 Å². The van der Waals surface area contributed by atoms with E-state index < -0.39 is 5.60 Å². The molecule has 1 unspecified atom stereocenters. The number of methoxy groups -OCH3 is 1. The predicted molar refractivity (Wildman–Crippen MR) is 137 cm³/mol. The van der Waals surface area contributed by atoms with Gasteiger partial charge in [-0.3, -0.25) is 4.98 Å². The van der Waals surface area contributed by atoms with E-state index >= 15 is 0 Å². The molecule has 1 fully saturated rings. The maximum absolute atomic E-state index is 11.4. The molecule has 0 amide bonds. The summed E-state index contributed by atoms with van der Waals surface area (Å²) in [6.45, 7) is 0. The Morgan fingerprint density at radius 3 is 2.86 bits per heavy atom. The summed E-state index contributed by atoms with van der Waals surface area (Å²) in [7, 11) is 1.67. The van der Waals surface area contributed by atoms with Crippen LogP contribution in [0.25, 0.3) is 10.9 Å². The third kappa shape index (κ3) is 5.44. The molecule has 1 atom stereocenters. The maximum atomic E-state index is 11.4. The zero-order valence-corrected chi connectivity index (χ0v) is 20.3. The van der Waals surface area contributed by atoms with E-state index in [0.29, 0.717) is 6.04 Å². The van der Waals surface area contributed by atoms with Crippen molar-refractivity contribution in [1.29, 1.82) is 0 Å². The number of aliphatic hydroxyl groups is 1. The first-order chi connectivity index (χ1) is 17.1. The minimum atomic E-state index is -0.651. The Balaban J connectivity index is 1.22. The summed E-state index contributed by atoms with van der Waals surface area (Å²) in [4.78, 5) is 4.51. The number of hydrogen-bond donors (Lipinski definition) is 2. The molecular weight excluding hydrogens is 440 g/mol. The second-order valence-corrected chi connectivity index (χ2v) is 9.68. The first-order valence-corrected chi connectivity index (χ1v) is 12.6. The van der Waals surface area contributed by atoms with Crippen LogP contribution < -0.4 is 10.1 Å². The molecule has 2 aromatic rings. The van der Waals surface area contributed by atoms with Crippen LogP contribution in [0, 0.1) is 0 Å². The summed E-state index contributed by atoms with van der Waals surface area (Å²) < 4.78 is 16.6. The minimum absolute atomic E-state index is 0.0146. The fourth-order valence-electron chi connectivity index (χ4n) is 5.41. The lowest BCUT2D eigenvalue weighted by Gasteiger charge is -2.38. The first-order valence-electron chi connectivity index (χ1n) is 12.6. The molecule has 35 heavy (non-hydrogen) atoms. The van der Waals surface area contributed by atoms with Crippen LogP contribution in [0.2, 0.25) is 0 Å². The van der Waals surface area contributed by atoms with Gasteiger partial charge in [0.05, 0.1) is 18.8 Å². The number of rotatable bonds is 8. The summed E-state index contributed by atoms with van der Waals surface area (Å²) in [6, 6.07) is 8.38. The molecule has 6 nitrogen and oxygen atoms in total. The second kappa shape index (κ2) is 10.7. The lowest BCUT2D eigenvalue weighted by Crippen LogP contribution is -2.46. The lowest BCUT2D eigenvalue weighted by atomic mass is 9.78. The Morgan fingerprint density at radius 1 is 1.23 bits per heavy atom. The van der Waals surface area contributed by atoms with Crippen molar-refractivity contribution in [2.75, 3.05) is 7.11 Å². The number of hydrogen-bond acceptors (Lipinski definition) is 6. The second-order valence-electron chi connectivity index (χ2n) is 9.68. The molecule has 5 rings (SSSR count). The molecule has 1 saturated carbocycles. The average molecular weight is 475 g/mol. The van der Waals surface area contributed by atoms with E-state index in [1.807, 2.05) is 18.3 Å². The van der Waals surface area contributed by atoms with Gasteiger partial charge in [0.1, 0.15) is 30.1 Å². The SMILES string of the molecule is COc1cccc2c(CCC3(O)CCC(NC(C4=CC=CCC4)C4=COC=CO4)CC3)ccnc12. The number of nitrogens with zero attached hydrogens (tertiary/aromatic N) is 1. The van der Waals surface area contributed by atoms with Crippen molar-refractivity contribution < 1.29 is 19.3 Å². The van der Waals surface area contributed by atoms with Gasteiger partial charge in [0, 0.05) is 17.6 Å². The molecule has 0 spiro atoms. The first kappa shape index (κ1) is 23.6. The molecule has 1 aromatic carbocycles. The number of benzene rings is 1. The Hall–Kier alpha value is -3.09. The molecule has 0 radical (unpaired) electrons. The van der Waals surface area contributed by atoms with E-state index in [2.05, 4.69) is 40.7 Å². The highest BCUT2D eigenvalue weighted by atomic mass is 16.5. The molecule has 1 aromatic heterocycles. The maximum Gasteiger partial charge on any atom is 0.159 e. The standard InChI is InChI=1S/C29H34N2O4/c1-33-25-9-5-8-24-21(13-17-30-28(24)25)10-14-29(32)15-11-23(12-16-29)31-27(22-6-3-2-4-7-22)26-20-34-18-19-35-26/h2-3,5-6,8-9,13,17-20,23,27,31-32H,4,7,10-12,14-16H2,1H3. The van der Waals surface area contributed by atoms with Crippen LogP contribution in [0.4, 0.5) is 0 Å². The average Bonchev–Trinajstić information content (AvgIpc) is 2.92. The van der Waals surface area contributed by atoms with Crippen LogP contribution in [0.3, 0.4) is 0 Å². The number of aromatic nitrogens is 1. The van der Waals surface area contributed by atoms with Crippen LogP contribution in [0.15, 0.2) is 78.8 Å². The molecule has 2 heterocycles. The monoisotopic (exact) mass is 474 g/mol. The zero-order valence-electron chi connectivity index (χ0n) is 20.3. The molecule has 1 aliphatic heterocycles. The molecule has 0 bridgehead atoms. The Bertz CT molecular complexity index is 1160. The van der Waals surface area contributed by atoms with E-state index in [4.69, 9.17) is 14.2 Å². The predicted octanol–water partition coefficient (Wildman–Crippen LogP) is 5.44. The van der Waals surface area contributed by atoms with E-state index in [1.165, 1.54) is 11.1 Å². The van der Waals surface area contributed by atoms with Crippen molar-refractivity contribution in [2.45, 2.75) is 69.1 Å². The third-order valence-corrected chi connectivity index (χ3v) is 7.45. The van der Waals surface area contributed by atoms with E-state index in [0.717, 1.165) is 73.8 Å². The number of para-hydroxylation sites is 1. The highest BCUT2D eigenvalue weighted by Gasteiger charge is 2.35. The number of fused-ring (bicyclic) bond motifs is 1. The van der Waals surface area contributed by atoms with Crippen molar-refractivity contribution in [1.82, 2.24) is 10.3 Å². The van der Waals surface area contributed by atoms with Gasteiger partial charge in [0.2, 0.25) is 0 Å². The highest BCUT2D eigenvalue weighted by Crippen LogP contribution is 2.35. The third-order valence-electron chi connectivity index (χ3n) is 7.45. The fourth-order valence-corrected chi connectivity index (χ4v) is 5.41. The Kier molecular flexibility index (Phi) is 7.21. The fraction of sp³-hybridized carbons (Fsp3) is 0.414. The Labute approximate surface area is 207 Å². The van der Waals surface area contributed by atoms with Gasteiger partial charge in [-0.1, -0.05) is 30.4 Å². The van der Waals surface area contributed by atoms with Crippen LogP contribution in [-0.4, -0.2) is 34.9 Å². The topological polar surface area (TPSA) is 72.8 Å². The smallest absolute Gasteiger partial charge is 0.159 e. The van der Waals surface area contributed by atoms with Gasteiger partial charge in [-0.2, -0.15) is 0 Å². The highest BCUT2D eigenvalue weighted by molar-refractivity contribution is 5.87. The van der Waals surface area contributed by atoms with Crippen LogP contribution in [-0.2, 0) is 15.9 Å². The van der Waals surface area contributed by atoms with Gasteiger partial charge in [-0.15, -0.1) is 0 Å². The lowest BCUT2D eigenvalue weighted by molar-refractivity contribution is -0.0114. The summed E-state index contributed by atoms with van der Waals surface area (Å²) >= 11 is 0. The summed E-state index contributed by atoms with van der Waals surface area (Å²) in [5.74, 6) is 1.57. The van der Waals surface area contributed by atoms with Gasteiger partial charge in [-0.05, 0) is 74.6 Å². The largest absolute Gasteiger partial charge is 0.494 e. The quantitative estimate of drug-likeness (QED) is 0.531. The molecule has 3 aliphatic rings. The molecule has 6 heteroatoms. The Morgan fingerprint density at radius 2 is 2.11 bits per heavy atom. The van der Waals surface area contributed by atoms with E-state index in [-0.39, 0.29) is 6.04 Å². The van der Waals surface area contributed by atoms with Crippen LogP contribution in [0.5, 0.6) is 5.75 Å². The number of nitrogens with one attached hydrogen (secondary N) is 1. The van der Waals surface area contributed by atoms with Crippen molar-refractivity contribution >= 4 is 10.9 Å². The minimum Gasteiger partial charge on any atom is -0.494 e.